The third-order valence-corrected chi connectivity index (χ3v) is 8.20. The number of hydrogen-bond acceptors (Lipinski definition) is 2. The molecule has 0 aliphatic carbocycles. The second kappa shape index (κ2) is 9.89. The highest BCUT2D eigenvalue weighted by atomic mass is 32.2. The lowest BCUT2D eigenvalue weighted by Crippen LogP contribution is -2.41. The summed E-state index contributed by atoms with van der Waals surface area (Å²) in [7, 11) is -3.54. The zero-order valence-electron chi connectivity index (χ0n) is 17.9. The predicted octanol–water partition coefficient (Wildman–Crippen LogP) is 6.26. The molecule has 0 amide bonds. The molecule has 1 aromatic carbocycles. The van der Waals surface area contributed by atoms with E-state index in [2.05, 4.69) is 27.0 Å². The first-order chi connectivity index (χ1) is 13.3. The van der Waals surface area contributed by atoms with Gasteiger partial charge >= 0.3 is 0 Å². The number of aryl methyl sites for hydroxylation is 1. The molecule has 2 rings (SSSR count). The minimum Gasteiger partial charge on any atom is -0.207 e. The Morgan fingerprint density at radius 2 is 1.79 bits per heavy atom. The lowest BCUT2D eigenvalue weighted by Gasteiger charge is -2.35. The third-order valence-electron chi connectivity index (χ3n) is 6.31. The van der Waals surface area contributed by atoms with E-state index in [0.29, 0.717) is 11.4 Å². The summed E-state index contributed by atoms with van der Waals surface area (Å²) in [5.41, 5.74) is 1.97. The molecule has 4 heteroatoms. The number of nitrogens with zero attached hydrogens (tertiary/aromatic N) is 1. The molecule has 1 aromatic rings. The van der Waals surface area contributed by atoms with Crippen molar-refractivity contribution in [1.29, 1.82) is 0 Å². The van der Waals surface area contributed by atoms with E-state index in [0.717, 1.165) is 30.4 Å². The number of sulfonamides is 1. The van der Waals surface area contributed by atoms with Gasteiger partial charge in [0, 0.05) is 12.0 Å². The van der Waals surface area contributed by atoms with Crippen LogP contribution in [0.3, 0.4) is 0 Å². The Morgan fingerprint density at radius 1 is 1.18 bits per heavy atom. The highest BCUT2D eigenvalue weighted by molar-refractivity contribution is 7.89. The monoisotopic (exact) mass is 403 g/mol. The molecule has 1 saturated heterocycles. The van der Waals surface area contributed by atoms with Crippen LogP contribution in [0.1, 0.15) is 70.8 Å². The van der Waals surface area contributed by atoms with Gasteiger partial charge in [0.2, 0.25) is 10.0 Å². The quantitative estimate of drug-likeness (QED) is 0.323. The van der Waals surface area contributed by atoms with Crippen molar-refractivity contribution >= 4 is 10.0 Å². The average molecular weight is 404 g/mol. The number of hydrogen-bond donors (Lipinski definition) is 0. The summed E-state index contributed by atoms with van der Waals surface area (Å²) in [5, 5.41) is 0. The molecule has 0 spiro atoms. The Morgan fingerprint density at radius 3 is 2.39 bits per heavy atom. The van der Waals surface area contributed by atoms with Crippen LogP contribution >= 0.6 is 0 Å². The van der Waals surface area contributed by atoms with Crippen LogP contribution in [-0.4, -0.2) is 25.3 Å². The summed E-state index contributed by atoms with van der Waals surface area (Å²) in [6, 6.07) is 6.86. The number of benzene rings is 1. The molecule has 3 nitrogen and oxygen atoms in total. The second-order valence-corrected chi connectivity index (χ2v) is 10.3. The highest BCUT2D eigenvalue weighted by Crippen LogP contribution is 2.46. The first kappa shape index (κ1) is 22.9. The van der Waals surface area contributed by atoms with Crippen molar-refractivity contribution in [2.24, 2.45) is 5.41 Å². The van der Waals surface area contributed by atoms with Gasteiger partial charge in [-0.3, -0.25) is 0 Å². The van der Waals surface area contributed by atoms with Gasteiger partial charge in [0.05, 0.1) is 10.9 Å². The van der Waals surface area contributed by atoms with Gasteiger partial charge in [-0.25, -0.2) is 8.42 Å². The summed E-state index contributed by atoms with van der Waals surface area (Å²) in [6.07, 6.45) is 11.1. The minimum absolute atomic E-state index is 0.244. The van der Waals surface area contributed by atoms with Gasteiger partial charge in [0.25, 0.3) is 0 Å². The van der Waals surface area contributed by atoms with Crippen molar-refractivity contribution in [3.05, 3.63) is 54.6 Å². The molecular weight excluding hydrogens is 366 g/mol. The fourth-order valence-electron chi connectivity index (χ4n) is 4.23. The normalized spacial score (nSPS) is 23.0. The van der Waals surface area contributed by atoms with Crippen LogP contribution in [0.5, 0.6) is 0 Å². The van der Waals surface area contributed by atoms with Crippen molar-refractivity contribution < 1.29 is 8.42 Å². The summed E-state index contributed by atoms with van der Waals surface area (Å²) in [5.74, 6) is 0. The lowest BCUT2D eigenvalue weighted by atomic mass is 9.74. The fourth-order valence-corrected chi connectivity index (χ4v) is 5.93. The Labute approximate surface area is 172 Å². The molecule has 0 N–H and O–H groups in total. The molecule has 1 aliphatic heterocycles. The van der Waals surface area contributed by atoms with Crippen LogP contribution in [0.25, 0.3) is 0 Å². The zero-order valence-corrected chi connectivity index (χ0v) is 18.7. The average Bonchev–Trinajstić information content (AvgIpc) is 3.03. The fraction of sp³-hybridized carbons (Fsp3) is 0.583. The molecule has 0 aromatic heterocycles. The van der Waals surface area contributed by atoms with Crippen LogP contribution in [0.2, 0.25) is 0 Å². The Bertz CT molecular complexity index is 766. The molecule has 2 atom stereocenters. The minimum atomic E-state index is -3.54. The van der Waals surface area contributed by atoms with E-state index in [1.54, 1.807) is 22.5 Å². The summed E-state index contributed by atoms with van der Waals surface area (Å²) < 4.78 is 28.1. The Kier molecular flexibility index (Phi) is 8.08. The molecule has 28 heavy (non-hydrogen) atoms. The van der Waals surface area contributed by atoms with Gasteiger partial charge in [-0.2, -0.15) is 4.31 Å². The SMILES string of the molecule is C=C[C@H]1N(S(=O)(=O)c2ccc(C)cc2)CC[C@@]1(C)C(=C)CCCCCCCC. The predicted molar refractivity (Wildman–Crippen MR) is 119 cm³/mol. The largest absolute Gasteiger partial charge is 0.243 e. The maximum atomic E-state index is 13.2. The molecule has 0 saturated carbocycles. The smallest absolute Gasteiger partial charge is 0.207 e. The van der Waals surface area contributed by atoms with E-state index in [1.807, 2.05) is 19.1 Å². The molecule has 0 unspecified atom stereocenters. The first-order valence-electron chi connectivity index (χ1n) is 10.7. The van der Waals surface area contributed by atoms with Crippen LogP contribution in [0.4, 0.5) is 0 Å². The Balaban J connectivity index is 2.08. The molecule has 0 radical (unpaired) electrons. The van der Waals surface area contributed by atoms with E-state index < -0.39 is 10.0 Å². The lowest BCUT2D eigenvalue weighted by molar-refractivity contribution is 0.317. The van der Waals surface area contributed by atoms with Crippen molar-refractivity contribution in [1.82, 2.24) is 4.31 Å². The van der Waals surface area contributed by atoms with E-state index in [-0.39, 0.29) is 11.5 Å². The molecular formula is C24H37NO2S. The number of unbranched alkanes of at least 4 members (excludes halogenated alkanes) is 5. The van der Waals surface area contributed by atoms with Gasteiger partial charge in [-0.15, -0.1) is 6.58 Å². The summed E-state index contributed by atoms with van der Waals surface area (Å²) in [4.78, 5) is 0.357. The van der Waals surface area contributed by atoms with E-state index in [1.165, 1.54) is 32.1 Å². The molecule has 1 aliphatic rings. The van der Waals surface area contributed by atoms with Gasteiger partial charge in [-0.05, 0) is 38.3 Å². The van der Waals surface area contributed by atoms with Gasteiger partial charge in [0.15, 0.2) is 0 Å². The van der Waals surface area contributed by atoms with E-state index >= 15 is 0 Å². The topological polar surface area (TPSA) is 37.4 Å². The maximum absolute atomic E-state index is 13.2. The van der Waals surface area contributed by atoms with E-state index in [9.17, 15) is 8.42 Å². The van der Waals surface area contributed by atoms with Gasteiger partial charge < -0.3 is 0 Å². The molecule has 1 fully saturated rings. The third kappa shape index (κ3) is 4.96. The van der Waals surface area contributed by atoms with Crippen LogP contribution in [0, 0.1) is 12.3 Å². The highest BCUT2D eigenvalue weighted by Gasteiger charge is 2.48. The van der Waals surface area contributed by atoms with Crippen LogP contribution < -0.4 is 0 Å². The van der Waals surface area contributed by atoms with Crippen molar-refractivity contribution in [3.8, 4) is 0 Å². The second-order valence-electron chi connectivity index (χ2n) is 8.40. The van der Waals surface area contributed by atoms with Gasteiger partial charge in [-0.1, -0.05) is 81.9 Å². The van der Waals surface area contributed by atoms with Crippen LogP contribution in [0.15, 0.2) is 54.0 Å². The van der Waals surface area contributed by atoms with E-state index in [4.69, 9.17) is 0 Å². The maximum Gasteiger partial charge on any atom is 0.243 e. The van der Waals surface area contributed by atoms with Crippen molar-refractivity contribution in [2.45, 2.75) is 83.1 Å². The van der Waals surface area contributed by atoms with Crippen LogP contribution in [-0.2, 0) is 10.0 Å². The molecule has 156 valence electrons. The first-order valence-corrected chi connectivity index (χ1v) is 12.1. The standard InChI is InChI=1S/C24H37NO2S/c1-6-8-9-10-11-12-13-21(4)24(5)18-19-25(23(24)7-2)28(26,27)22-16-14-20(3)15-17-22/h7,14-17,23H,2,4,6,8-13,18-19H2,1,3,5H3/t23-,24+/m1/s1. The molecule has 0 bridgehead atoms. The Hall–Kier alpha value is -1.39. The van der Waals surface area contributed by atoms with Gasteiger partial charge in [0.1, 0.15) is 0 Å². The number of rotatable bonds is 11. The molecule has 1 heterocycles. The zero-order chi connectivity index (χ0) is 20.8. The van der Waals surface area contributed by atoms with Crippen molar-refractivity contribution in [2.75, 3.05) is 6.54 Å². The summed E-state index contributed by atoms with van der Waals surface area (Å²) >= 11 is 0. The van der Waals surface area contributed by atoms with Crippen molar-refractivity contribution in [3.63, 3.8) is 0 Å². The summed E-state index contributed by atoms with van der Waals surface area (Å²) in [6.45, 7) is 15.2.